The minimum atomic E-state index is -0.0150. The number of hydrogen-bond donors (Lipinski definition) is 1. The molecule has 0 atom stereocenters. The molecule has 2 aromatic rings. The van der Waals surface area contributed by atoms with E-state index in [0.29, 0.717) is 19.6 Å². The third-order valence-corrected chi connectivity index (χ3v) is 5.97. The lowest BCUT2D eigenvalue weighted by Crippen LogP contribution is -2.51. The van der Waals surface area contributed by atoms with Crippen molar-refractivity contribution in [2.24, 2.45) is 0 Å². The zero-order chi connectivity index (χ0) is 22.2. The number of carbonyl (C=O) groups excluding carboxylic acids is 2. The van der Waals surface area contributed by atoms with Crippen molar-refractivity contribution in [3.63, 3.8) is 0 Å². The largest absolute Gasteiger partial charge is 0.368 e. The molecule has 1 aliphatic heterocycles. The molecule has 0 aliphatic carbocycles. The average Bonchev–Trinajstić information content (AvgIpc) is 2.82. The van der Waals surface area contributed by atoms with Gasteiger partial charge in [-0.1, -0.05) is 38.1 Å². The molecular formula is C25H34N4O2. The number of carbonyl (C=O) groups is 2. The highest BCUT2D eigenvalue weighted by Crippen LogP contribution is 2.18. The van der Waals surface area contributed by atoms with Crippen molar-refractivity contribution >= 4 is 17.5 Å². The number of amides is 2. The Morgan fingerprint density at radius 3 is 2.00 bits per heavy atom. The zero-order valence-corrected chi connectivity index (χ0v) is 18.9. The van der Waals surface area contributed by atoms with Crippen LogP contribution >= 0.6 is 0 Å². The predicted octanol–water partition coefficient (Wildman–Crippen LogP) is 3.76. The Bertz CT molecular complexity index is 852. The number of piperazine rings is 1. The normalized spacial score (nSPS) is 14.1. The average molecular weight is 423 g/mol. The summed E-state index contributed by atoms with van der Waals surface area (Å²) in [6, 6.07) is 16.2. The standard InChI is InChI=1S/C25H34N4O2/c1-4-27(5-2)19-22-8-6-21(7-9-22)18-26-25(31)29-16-14-28(15-17-29)24-12-10-23(11-13-24)20(3)30/h6-13H,4-5,14-19H2,1-3H3,(H,26,31). The van der Waals surface area contributed by atoms with E-state index in [2.05, 4.69) is 53.2 Å². The number of nitrogens with zero attached hydrogens (tertiary/aromatic N) is 3. The summed E-state index contributed by atoms with van der Waals surface area (Å²) in [6.45, 7) is 12.5. The van der Waals surface area contributed by atoms with Crippen molar-refractivity contribution in [3.8, 4) is 0 Å². The third-order valence-electron chi connectivity index (χ3n) is 5.97. The van der Waals surface area contributed by atoms with Crippen molar-refractivity contribution in [1.29, 1.82) is 0 Å². The first-order valence-corrected chi connectivity index (χ1v) is 11.2. The van der Waals surface area contributed by atoms with Crippen LogP contribution in [0.4, 0.5) is 10.5 Å². The molecule has 31 heavy (non-hydrogen) atoms. The Balaban J connectivity index is 1.44. The van der Waals surface area contributed by atoms with E-state index in [-0.39, 0.29) is 11.8 Å². The number of benzene rings is 2. The van der Waals surface area contributed by atoms with Gasteiger partial charge in [0.1, 0.15) is 0 Å². The first kappa shape index (κ1) is 22.8. The van der Waals surface area contributed by atoms with Crippen molar-refractivity contribution in [2.75, 3.05) is 44.2 Å². The van der Waals surface area contributed by atoms with Gasteiger partial charge in [-0.05, 0) is 55.4 Å². The quantitative estimate of drug-likeness (QED) is 0.658. The van der Waals surface area contributed by atoms with Gasteiger partial charge in [-0.25, -0.2) is 4.79 Å². The summed E-state index contributed by atoms with van der Waals surface area (Å²) in [5.74, 6) is 0.0755. The van der Waals surface area contributed by atoms with Gasteiger partial charge in [0.05, 0.1) is 0 Å². The Hall–Kier alpha value is -2.86. The van der Waals surface area contributed by atoms with Crippen LogP contribution in [0.5, 0.6) is 0 Å². The van der Waals surface area contributed by atoms with E-state index >= 15 is 0 Å². The Kier molecular flexibility index (Phi) is 8.06. The second-order valence-electron chi connectivity index (χ2n) is 8.01. The fraction of sp³-hybridized carbons (Fsp3) is 0.440. The molecule has 3 rings (SSSR count). The summed E-state index contributed by atoms with van der Waals surface area (Å²) in [5.41, 5.74) is 4.23. The molecule has 2 amide bonds. The molecule has 1 saturated heterocycles. The molecule has 0 aromatic heterocycles. The molecule has 0 spiro atoms. The summed E-state index contributed by atoms with van der Waals surface area (Å²) in [4.78, 5) is 30.5. The molecule has 1 fully saturated rings. The summed E-state index contributed by atoms with van der Waals surface area (Å²) in [5, 5.41) is 3.05. The Morgan fingerprint density at radius 2 is 1.45 bits per heavy atom. The maximum Gasteiger partial charge on any atom is 0.317 e. The molecule has 6 nitrogen and oxygen atoms in total. The molecule has 0 unspecified atom stereocenters. The lowest BCUT2D eigenvalue weighted by atomic mass is 10.1. The minimum Gasteiger partial charge on any atom is -0.368 e. The van der Waals surface area contributed by atoms with Crippen LogP contribution < -0.4 is 10.2 Å². The molecule has 6 heteroatoms. The van der Waals surface area contributed by atoms with Crippen LogP contribution in [0.3, 0.4) is 0 Å². The molecule has 2 aromatic carbocycles. The SMILES string of the molecule is CCN(CC)Cc1ccc(CNC(=O)N2CCN(c3ccc(C(C)=O)cc3)CC2)cc1. The summed E-state index contributed by atoms with van der Waals surface area (Å²) >= 11 is 0. The van der Waals surface area contributed by atoms with E-state index in [0.717, 1.165) is 49.5 Å². The Morgan fingerprint density at radius 1 is 0.871 bits per heavy atom. The monoisotopic (exact) mass is 422 g/mol. The molecule has 1 heterocycles. The maximum atomic E-state index is 12.6. The van der Waals surface area contributed by atoms with Gasteiger partial charge in [0, 0.05) is 50.5 Å². The smallest absolute Gasteiger partial charge is 0.317 e. The number of urea groups is 1. The zero-order valence-electron chi connectivity index (χ0n) is 18.9. The number of hydrogen-bond acceptors (Lipinski definition) is 4. The van der Waals surface area contributed by atoms with Gasteiger partial charge in [0.25, 0.3) is 0 Å². The van der Waals surface area contributed by atoms with Crippen LogP contribution in [0.2, 0.25) is 0 Å². The van der Waals surface area contributed by atoms with Gasteiger partial charge in [-0.2, -0.15) is 0 Å². The highest BCUT2D eigenvalue weighted by molar-refractivity contribution is 5.94. The number of rotatable bonds is 8. The van der Waals surface area contributed by atoms with Crippen molar-refractivity contribution < 1.29 is 9.59 Å². The van der Waals surface area contributed by atoms with E-state index in [9.17, 15) is 9.59 Å². The van der Waals surface area contributed by atoms with Gasteiger partial charge in [0.2, 0.25) is 0 Å². The fourth-order valence-electron chi connectivity index (χ4n) is 3.83. The topological polar surface area (TPSA) is 55.9 Å². The molecule has 1 aliphatic rings. The highest BCUT2D eigenvalue weighted by Gasteiger charge is 2.21. The second-order valence-corrected chi connectivity index (χ2v) is 8.01. The van der Waals surface area contributed by atoms with Crippen LogP contribution in [0.25, 0.3) is 0 Å². The highest BCUT2D eigenvalue weighted by atomic mass is 16.2. The van der Waals surface area contributed by atoms with Crippen molar-refractivity contribution in [2.45, 2.75) is 33.9 Å². The van der Waals surface area contributed by atoms with E-state index in [1.807, 2.05) is 29.2 Å². The maximum absolute atomic E-state index is 12.6. The van der Waals surface area contributed by atoms with Gasteiger partial charge < -0.3 is 15.1 Å². The number of Topliss-reactive ketones (excluding diaryl/α,β-unsaturated/α-hetero) is 1. The third kappa shape index (κ3) is 6.31. The van der Waals surface area contributed by atoms with Crippen molar-refractivity contribution in [3.05, 3.63) is 65.2 Å². The van der Waals surface area contributed by atoms with Crippen LogP contribution in [0, 0.1) is 0 Å². The number of nitrogens with one attached hydrogen (secondary N) is 1. The lowest BCUT2D eigenvalue weighted by Gasteiger charge is -2.36. The van der Waals surface area contributed by atoms with Crippen LogP contribution in [-0.2, 0) is 13.1 Å². The molecule has 0 radical (unpaired) electrons. The van der Waals surface area contributed by atoms with Crippen molar-refractivity contribution in [1.82, 2.24) is 15.1 Å². The second kappa shape index (κ2) is 11.0. The first-order chi connectivity index (χ1) is 15.0. The van der Waals surface area contributed by atoms with Gasteiger partial charge in [-0.15, -0.1) is 0 Å². The van der Waals surface area contributed by atoms with Gasteiger partial charge >= 0.3 is 6.03 Å². The van der Waals surface area contributed by atoms with Crippen LogP contribution in [0.1, 0.15) is 42.3 Å². The molecule has 0 bridgehead atoms. The number of ketones is 1. The predicted molar refractivity (Wildman–Crippen MR) is 126 cm³/mol. The molecular weight excluding hydrogens is 388 g/mol. The lowest BCUT2D eigenvalue weighted by molar-refractivity contribution is 0.101. The van der Waals surface area contributed by atoms with E-state index < -0.39 is 0 Å². The van der Waals surface area contributed by atoms with E-state index in [1.54, 1.807) is 6.92 Å². The Labute approximate surface area is 185 Å². The first-order valence-electron chi connectivity index (χ1n) is 11.2. The van der Waals surface area contributed by atoms with Crippen LogP contribution in [-0.4, -0.2) is 60.9 Å². The van der Waals surface area contributed by atoms with E-state index in [4.69, 9.17) is 0 Å². The van der Waals surface area contributed by atoms with Crippen LogP contribution in [0.15, 0.2) is 48.5 Å². The number of anilines is 1. The molecule has 0 saturated carbocycles. The fourth-order valence-corrected chi connectivity index (χ4v) is 3.83. The molecule has 166 valence electrons. The minimum absolute atomic E-state index is 0.0150. The summed E-state index contributed by atoms with van der Waals surface area (Å²) in [6.07, 6.45) is 0. The molecule has 1 N–H and O–H groups in total. The summed E-state index contributed by atoms with van der Waals surface area (Å²) < 4.78 is 0. The van der Waals surface area contributed by atoms with Gasteiger partial charge in [-0.3, -0.25) is 9.69 Å². The van der Waals surface area contributed by atoms with Gasteiger partial charge in [0.15, 0.2) is 5.78 Å². The van der Waals surface area contributed by atoms with E-state index in [1.165, 1.54) is 5.56 Å². The summed E-state index contributed by atoms with van der Waals surface area (Å²) in [7, 11) is 0.